The molecule has 0 aliphatic carbocycles. The van der Waals surface area contributed by atoms with Crippen molar-refractivity contribution in [3.05, 3.63) is 52.4 Å². The van der Waals surface area contributed by atoms with Crippen LogP contribution in [0, 0.1) is 5.82 Å². The van der Waals surface area contributed by atoms with Gasteiger partial charge in [0.25, 0.3) is 0 Å². The molecule has 2 aromatic rings. The monoisotopic (exact) mass is 337 g/mol. The fourth-order valence-corrected chi connectivity index (χ4v) is 2.31. The van der Waals surface area contributed by atoms with Crippen LogP contribution in [0.3, 0.4) is 0 Å². The number of pyridine rings is 1. The second kappa shape index (κ2) is 6.22. The van der Waals surface area contributed by atoms with E-state index in [1.54, 1.807) is 6.20 Å². The molecule has 0 bridgehead atoms. The number of rotatable bonds is 4. The van der Waals surface area contributed by atoms with E-state index in [0.29, 0.717) is 22.5 Å². The first kappa shape index (κ1) is 14.8. The van der Waals surface area contributed by atoms with E-state index in [2.05, 4.69) is 20.9 Å². The average Bonchev–Trinajstić information content (AvgIpc) is 2.36. The van der Waals surface area contributed by atoms with Crippen LogP contribution in [0.4, 0.5) is 15.9 Å². The summed E-state index contributed by atoms with van der Waals surface area (Å²) in [7, 11) is 0. The molecule has 3 nitrogen and oxygen atoms in total. The number of aromatic nitrogens is 1. The predicted octanol–water partition coefficient (Wildman–Crippen LogP) is 3.98. The predicted molar refractivity (Wildman–Crippen MR) is 84.1 cm³/mol. The summed E-state index contributed by atoms with van der Waals surface area (Å²) in [5.74, 6) is 0.0163. The summed E-state index contributed by atoms with van der Waals surface area (Å²) in [6.45, 7) is 4.58. The van der Waals surface area contributed by atoms with Crippen LogP contribution >= 0.6 is 15.9 Å². The third-order valence-electron chi connectivity index (χ3n) is 2.99. The molecule has 0 saturated carbocycles. The molecular formula is C15H17BrFN3. The zero-order chi connectivity index (χ0) is 14.7. The summed E-state index contributed by atoms with van der Waals surface area (Å²) in [5.41, 5.74) is 7.52. The molecule has 1 aromatic carbocycles. The van der Waals surface area contributed by atoms with E-state index in [9.17, 15) is 4.39 Å². The van der Waals surface area contributed by atoms with Crippen LogP contribution < -0.4 is 10.6 Å². The smallest absolute Gasteiger partial charge is 0.166 e. The van der Waals surface area contributed by atoms with Gasteiger partial charge in [-0.1, -0.05) is 12.1 Å². The Labute approximate surface area is 126 Å². The van der Waals surface area contributed by atoms with Crippen molar-refractivity contribution in [3.8, 4) is 0 Å². The van der Waals surface area contributed by atoms with Gasteiger partial charge in [0.05, 0.1) is 0 Å². The van der Waals surface area contributed by atoms with Gasteiger partial charge in [-0.15, -0.1) is 0 Å². The molecule has 0 aliphatic rings. The van der Waals surface area contributed by atoms with Crippen molar-refractivity contribution in [2.24, 2.45) is 0 Å². The second-order valence-corrected chi connectivity index (χ2v) is 5.84. The van der Waals surface area contributed by atoms with E-state index in [0.717, 1.165) is 5.56 Å². The molecule has 2 rings (SSSR count). The van der Waals surface area contributed by atoms with E-state index >= 15 is 0 Å². The van der Waals surface area contributed by atoms with Crippen molar-refractivity contribution in [2.75, 3.05) is 10.6 Å². The molecular weight excluding hydrogens is 321 g/mol. The van der Waals surface area contributed by atoms with Crippen LogP contribution in [0.5, 0.6) is 0 Å². The Bertz CT molecular complexity index is 601. The summed E-state index contributed by atoms with van der Waals surface area (Å²) in [4.78, 5) is 6.10. The third-order valence-corrected chi connectivity index (χ3v) is 3.42. The van der Waals surface area contributed by atoms with Crippen molar-refractivity contribution < 1.29 is 4.39 Å². The normalized spacial score (nSPS) is 10.8. The van der Waals surface area contributed by atoms with E-state index in [1.807, 2.05) is 43.0 Å². The molecule has 0 saturated heterocycles. The van der Waals surface area contributed by atoms with E-state index in [1.165, 1.54) is 6.07 Å². The van der Waals surface area contributed by atoms with Crippen LogP contribution in [0.25, 0.3) is 0 Å². The Morgan fingerprint density at radius 3 is 2.70 bits per heavy atom. The van der Waals surface area contributed by atoms with Crippen LogP contribution in [-0.2, 0) is 6.54 Å². The molecule has 0 radical (unpaired) electrons. The summed E-state index contributed by atoms with van der Waals surface area (Å²) in [5, 5.41) is 0. The number of hydrogen-bond donors (Lipinski definition) is 1. The lowest BCUT2D eigenvalue weighted by Gasteiger charge is -2.28. The fourth-order valence-electron chi connectivity index (χ4n) is 2.01. The SMILES string of the molecule is CC(C)N(Cc1cccc(N)c1)c1ncc(Br)cc1F. The molecule has 0 aliphatic heterocycles. The standard InChI is InChI=1S/C15H17BrFN3/c1-10(2)20(9-11-4-3-5-13(18)6-11)15-14(17)7-12(16)8-19-15/h3-8,10H,9,18H2,1-2H3. The molecule has 0 amide bonds. The van der Waals surface area contributed by atoms with Crippen LogP contribution in [0.2, 0.25) is 0 Å². The van der Waals surface area contributed by atoms with E-state index < -0.39 is 0 Å². The summed E-state index contributed by atoms with van der Waals surface area (Å²) < 4.78 is 14.7. The summed E-state index contributed by atoms with van der Waals surface area (Å²) in [6.07, 6.45) is 1.60. The highest BCUT2D eigenvalue weighted by Gasteiger charge is 2.17. The number of hydrogen-bond acceptors (Lipinski definition) is 3. The highest BCUT2D eigenvalue weighted by Crippen LogP contribution is 2.24. The van der Waals surface area contributed by atoms with Gasteiger partial charge in [-0.25, -0.2) is 9.37 Å². The minimum Gasteiger partial charge on any atom is -0.399 e. The Hall–Kier alpha value is -1.62. The molecule has 5 heteroatoms. The highest BCUT2D eigenvalue weighted by atomic mass is 79.9. The van der Waals surface area contributed by atoms with Gasteiger partial charge >= 0.3 is 0 Å². The topological polar surface area (TPSA) is 42.1 Å². The quantitative estimate of drug-likeness (QED) is 0.858. The van der Waals surface area contributed by atoms with Gasteiger partial charge in [0.1, 0.15) is 0 Å². The Balaban J connectivity index is 2.32. The van der Waals surface area contributed by atoms with Crippen molar-refractivity contribution in [3.63, 3.8) is 0 Å². The first-order valence-electron chi connectivity index (χ1n) is 6.39. The molecule has 20 heavy (non-hydrogen) atoms. The van der Waals surface area contributed by atoms with Crippen molar-refractivity contribution in [1.82, 2.24) is 4.98 Å². The van der Waals surface area contributed by atoms with Gasteiger partial charge in [-0.2, -0.15) is 0 Å². The van der Waals surface area contributed by atoms with Crippen molar-refractivity contribution >= 4 is 27.4 Å². The number of anilines is 2. The highest BCUT2D eigenvalue weighted by molar-refractivity contribution is 9.10. The van der Waals surface area contributed by atoms with Gasteiger partial charge in [-0.3, -0.25) is 0 Å². The number of halogens is 2. The average molecular weight is 338 g/mol. The molecule has 1 aromatic heterocycles. The maximum atomic E-state index is 14.1. The summed E-state index contributed by atoms with van der Waals surface area (Å²) >= 11 is 3.22. The van der Waals surface area contributed by atoms with Crippen molar-refractivity contribution in [2.45, 2.75) is 26.4 Å². The zero-order valence-electron chi connectivity index (χ0n) is 11.5. The molecule has 2 N–H and O–H groups in total. The van der Waals surface area contributed by atoms with Gasteiger partial charge in [0.15, 0.2) is 11.6 Å². The van der Waals surface area contributed by atoms with E-state index in [-0.39, 0.29) is 11.9 Å². The minimum absolute atomic E-state index is 0.125. The van der Waals surface area contributed by atoms with Gasteiger partial charge in [0, 0.05) is 28.9 Å². The van der Waals surface area contributed by atoms with Crippen LogP contribution in [-0.4, -0.2) is 11.0 Å². The maximum absolute atomic E-state index is 14.1. The molecule has 0 spiro atoms. The number of nitrogens with two attached hydrogens (primary N) is 1. The van der Waals surface area contributed by atoms with Gasteiger partial charge in [-0.05, 0) is 53.5 Å². The minimum atomic E-state index is -0.336. The largest absolute Gasteiger partial charge is 0.399 e. The Morgan fingerprint density at radius 2 is 2.10 bits per heavy atom. The number of nitrogens with zero attached hydrogens (tertiary/aromatic N) is 2. The maximum Gasteiger partial charge on any atom is 0.166 e. The zero-order valence-corrected chi connectivity index (χ0v) is 13.1. The third kappa shape index (κ3) is 3.48. The first-order chi connectivity index (χ1) is 9.47. The van der Waals surface area contributed by atoms with Gasteiger partial charge < -0.3 is 10.6 Å². The first-order valence-corrected chi connectivity index (χ1v) is 7.19. The lowest BCUT2D eigenvalue weighted by Crippen LogP contribution is -2.31. The fraction of sp³-hybridized carbons (Fsp3) is 0.267. The molecule has 106 valence electrons. The molecule has 0 fully saturated rings. The van der Waals surface area contributed by atoms with Crippen LogP contribution in [0.15, 0.2) is 41.0 Å². The van der Waals surface area contributed by atoms with Crippen molar-refractivity contribution in [1.29, 1.82) is 0 Å². The van der Waals surface area contributed by atoms with Crippen LogP contribution in [0.1, 0.15) is 19.4 Å². The Morgan fingerprint density at radius 1 is 1.35 bits per heavy atom. The lowest BCUT2D eigenvalue weighted by atomic mass is 10.1. The number of benzene rings is 1. The number of nitrogen functional groups attached to an aromatic ring is 1. The molecule has 0 atom stereocenters. The molecule has 0 unspecified atom stereocenters. The Kier molecular flexibility index (Phi) is 4.60. The van der Waals surface area contributed by atoms with E-state index in [4.69, 9.17) is 5.73 Å². The summed E-state index contributed by atoms with van der Waals surface area (Å²) in [6, 6.07) is 9.15. The molecule has 1 heterocycles. The van der Waals surface area contributed by atoms with Gasteiger partial charge in [0.2, 0.25) is 0 Å². The lowest BCUT2D eigenvalue weighted by molar-refractivity contribution is 0.587. The second-order valence-electron chi connectivity index (χ2n) is 4.93.